The minimum absolute atomic E-state index is 0.138. The predicted molar refractivity (Wildman–Crippen MR) is 54.0 cm³/mol. The zero-order valence-corrected chi connectivity index (χ0v) is 9.79. The highest BCUT2D eigenvalue weighted by atomic mass is 31.2. The summed E-state index contributed by atoms with van der Waals surface area (Å²) in [6.45, 7) is 5.71. The van der Waals surface area contributed by atoms with Crippen molar-refractivity contribution < 1.29 is 18.8 Å². The van der Waals surface area contributed by atoms with Gasteiger partial charge in [0, 0.05) is 13.0 Å². The Morgan fingerprint density at radius 3 is 2.36 bits per heavy atom. The van der Waals surface area contributed by atoms with Gasteiger partial charge < -0.3 is 14.3 Å². The second-order valence-electron chi connectivity index (χ2n) is 2.80. The Kier molecular flexibility index (Phi) is 6.00. The van der Waals surface area contributed by atoms with Gasteiger partial charge in [-0.1, -0.05) is 6.92 Å². The highest BCUT2D eigenvalue weighted by Crippen LogP contribution is 2.42. The lowest BCUT2D eigenvalue weighted by Crippen LogP contribution is -2.31. The summed E-state index contributed by atoms with van der Waals surface area (Å²) in [5, 5.41) is 0. The molecule has 0 aliphatic carbocycles. The first-order valence-corrected chi connectivity index (χ1v) is 6.47. The minimum Gasteiger partial charge on any atom is -0.331 e. The van der Waals surface area contributed by atoms with Crippen LogP contribution in [0.2, 0.25) is 0 Å². The lowest BCUT2D eigenvalue weighted by Gasteiger charge is -2.22. The number of carbonyl (C=O) groups excluding carboxylic acids is 1. The molecule has 0 aromatic heterocycles. The van der Waals surface area contributed by atoms with E-state index in [0.717, 1.165) is 0 Å². The summed E-state index contributed by atoms with van der Waals surface area (Å²) < 4.78 is 16.0. The number of nitrogens with zero attached hydrogens (tertiary/aromatic N) is 1. The van der Waals surface area contributed by atoms with Gasteiger partial charge in [0.05, 0.1) is 6.61 Å². The Labute approximate surface area is 84.6 Å². The summed E-state index contributed by atoms with van der Waals surface area (Å²) >= 11 is 0. The van der Waals surface area contributed by atoms with Crippen LogP contribution in [-0.4, -0.2) is 35.1 Å². The van der Waals surface area contributed by atoms with E-state index in [9.17, 15) is 14.3 Å². The molecule has 1 amide bonds. The van der Waals surface area contributed by atoms with Crippen LogP contribution in [0.5, 0.6) is 0 Å². The van der Waals surface area contributed by atoms with Crippen LogP contribution in [0.25, 0.3) is 0 Å². The van der Waals surface area contributed by atoms with Gasteiger partial charge in [0.2, 0.25) is 5.91 Å². The van der Waals surface area contributed by atoms with E-state index in [1.165, 1.54) is 4.90 Å². The van der Waals surface area contributed by atoms with Crippen molar-refractivity contribution in [3.8, 4) is 0 Å². The van der Waals surface area contributed by atoms with Gasteiger partial charge in [-0.3, -0.25) is 9.36 Å². The summed E-state index contributed by atoms with van der Waals surface area (Å²) in [6, 6.07) is 0. The van der Waals surface area contributed by atoms with Crippen LogP contribution in [-0.2, 0) is 13.9 Å². The van der Waals surface area contributed by atoms with Gasteiger partial charge in [-0.2, -0.15) is 0 Å². The minimum atomic E-state index is -3.63. The maximum atomic E-state index is 11.3. The standard InChI is InChI=1S/C8H18NO4P/c1-4-8(10)9(5-2)7-14(11,12)13-6-3/h4-7H2,1-3H3,(H,11,12). The summed E-state index contributed by atoms with van der Waals surface area (Å²) in [5.41, 5.74) is 0. The molecule has 0 aliphatic heterocycles. The molecule has 0 aromatic carbocycles. The van der Waals surface area contributed by atoms with Crippen LogP contribution in [0.1, 0.15) is 27.2 Å². The normalized spacial score (nSPS) is 14.9. The fourth-order valence-corrected chi connectivity index (χ4v) is 2.31. The molecule has 0 fully saturated rings. The maximum absolute atomic E-state index is 11.3. The van der Waals surface area contributed by atoms with Gasteiger partial charge >= 0.3 is 7.60 Å². The molecule has 0 rings (SSSR count). The molecule has 0 heterocycles. The van der Waals surface area contributed by atoms with Gasteiger partial charge in [-0.05, 0) is 13.8 Å². The molecule has 14 heavy (non-hydrogen) atoms. The lowest BCUT2D eigenvalue weighted by molar-refractivity contribution is -0.130. The molecule has 84 valence electrons. The topological polar surface area (TPSA) is 66.8 Å². The average molecular weight is 223 g/mol. The number of carbonyl (C=O) groups is 1. The lowest BCUT2D eigenvalue weighted by atomic mass is 10.4. The van der Waals surface area contributed by atoms with Crippen LogP contribution in [0.3, 0.4) is 0 Å². The van der Waals surface area contributed by atoms with Crippen molar-refractivity contribution in [2.45, 2.75) is 27.2 Å². The molecule has 1 unspecified atom stereocenters. The summed E-state index contributed by atoms with van der Waals surface area (Å²) in [4.78, 5) is 21.9. The quantitative estimate of drug-likeness (QED) is 0.691. The Balaban J connectivity index is 4.30. The molecule has 1 atom stereocenters. The van der Waals surface area contributed by atoms with Gasteiger partial charge in [0.25, 0.3) is 0 Å². The van der Waals surface area contributed by atoms with Gasteiger partial charge in [-0.15, -0.1) is 0 Å². The van der Waals surface area contributed by atoms with Gasteiger partial charge in [-0.25, -0.2) is 0 Å². The van der Waals surface area contributed by atoms with Crippen LogP contribution in [0.4, 0.5) is 0 Å². The van der Waals surface area contributed by atoms with E-state index in [1.54, 1.807) is 20.8 Å². The fourth-order valence-electron chi connectivity index (χ4n) is 1.04. The first-order chi connectivity index (χ1) is 6.46. The molecule has 1 N–H and O–H groups in total. The molecule has 0 bridgehead atoms. The Morgan fingerprint density at radius 2 is 2.00 bits per heavy atom. The Bertz CT molecular complexity index is 231. The van der Waals surface area contributed by atoms with Crippen molar-refractivity contribution in [2.75, 3.05) is 19.4 Å². The number of hydrogen-bond donors (Lipinski definition) is 1. The summed E-state index contributed by atoms with van der Waals surface area (Å²) in [7, 11) is -3.63. The number of amides is 1. The Hall–Kier alpha value is -0.380. The Morgan fingerprint density at radius 1 is 1.43 bits per heavy atom. The second kappa shape index (κ2) is 6.17. The molecule has 0 saturated heterocycles. The van der Waals surface area contributed by atoms with Crippen molar-refractivity contribution >= 4 is 13.5 Å². The second-order valence-corrected chi connectivity index (χ2v) is 4.62. The summed E-state index contributed by atoms with van der Waals surface area (Å²) in [6.07, 6.45) is 0.115. The van der Waals surface area contributed by atoms with Crippen molar-refractivity contribution in [1.82, 2.24) is 4.90 Å². The van der Waals surface area contributed by atoms with Crippen LogP contribution < -0.4 is 0 Å². The largest absolute Gasteiger partial charge is 0.347 e. The third kappa shape index (κ3) is 4.74. The van der Waals surface area contributed by atoms with E-state index in [2.05, 4.69) is 4.52 Å². The molecular weight excluding hydrogens is 205 g/mol. The van der Waals surface area contributed by atoms with Crippen molar-refractivity contribution in [3.63, 3.8) is 0 Å². The third-order valence-corrected chi connectivity index (χ3v) is 3.08. The number of rotatable bonds is 6. The molecule has 0 aliphatic rings. The number of hydrogen-bond acceptors (Lipinski definition) is 3. The molecule has 0 spiro atoms. The first-order valence-electron chi connectivity index (χ1n) is 4.71. The zero-order chi connectivity index (χ0) is 11.2. The summed E-state index contributed by atoms with van der Waals surface area (Å²) in [5.74, 6) is -0.138. The van der Waals surface area contributed by atoms with Gasteiger partial charge in [0.1, 0.15) is 6.29 Å². The maximum Gasteiger partial charge on any atom is 0.347 e. The van der Waals surface area contributed by atoms with Crippen LogP contribution >= 0.6 is 7.60 Å². The van der Waals surface area contributed by atoms with Crippen LogP contribution in [0.15, 0.2) is 0 Å². The van der Waals surface area contributed by atoms with Gasteiger partial charge in [0.15, 0.2) is 0 Å². The highest BCUT2D eigenvalue weighted by Gasteiger charge is 2.24. The van der Waals surface area contributed by atoms with E-state index >= 15 is 0 Å². The SMILES string of the molecule is CCOP(=O)(O)CN(CC)C(=O)CC. The van der Waals surface area contributed by atoms with E-state index in [4.69, 9.17) is 0 Å². The highest BCUT2D eigenvalue weighted by molar-refractivity contribution is 7.52. The van der Waals surface area contributed by atoms with E-state index in [1.807, 2.05) is 0 Å². The molecule has 5 nitrogen and oxygen atoms in total. The van der Waals surface area contributed by atoms with E-state index in [0.29, 0.717) is 13.0 Å². The average Bonchev–Trinajstić information content (AvgIpc) is 2.13. The monoisotopic (exact) mass is 223 g/mol. The predicted octanol–water partition coefficient (Wildman–Crippen LogP) is 1.42. The van der Waals surface area contributed by atoms with E-state index < -0.39 is 7.60 Å². The smallest absolute Gasteiger partial charge is 0.331 e. The molecule has 6 heteroatoms. The molecular formula is C8H18NO4P. The van der Waals surface area contributed by atoms with E-state index in [-0.39, 0.29) is 18.8 Å². The third-order valence-electron chi connectivity index (χ3n) is 1.72. The molecule has 0 radical (unpaired) electrons. The molecule has 0 saturated carbocycles. The van der Waals surface area contributed by atoms with Crippen molar-refractivity contribution in [3.05, 3.63) is 0 Å². The van der Waals surface area contributed by atoms with Crippen molar-refractivity contribution in [2.24, 2.45) is 0 Å². The first kappa shape index (κ1) is 13.6. The van der Waals surface area contributed by atoms with Crippen molar-refractivity contribution in [1.29, 1.82) is 0 Å². The zero-order valence-electron chi connectivity index (χ0n) is 8.89. The molecule has 0 aromatic rings. The fraction of sp³-hybridized carbons (Fsp3) is 0.875. The van der Waals surface area contributed by atoms with Crippen LogP contribution in [0, 0.1) is 0 Å².